The zero-order valence-electron chi connectivity index (χ0n) is 25.0. The molecule has 0 bridgehead atoms. The number of rotatable bonds is 13. The Labute approximate surface area is 241 Å². The molecule has 0 fully saturated rings. The fourth-order valence-electron chi connectivity index (χ4n) is 4.25. The average molecular weight is 560 g/mol. The molecule has 0 radical (unpaired) electrons. The molecule has 41 heavy (non-hydrogen) atoms. The molecule has 3 rings (SSSR count). The number of carbonyl (C=O) groups is 3. The largest absolute Gasteiger partial charge is 0.352 e. The normalized spacial score (nSPS) is 12.5. The van der Waals surface area contributed by atoms with Crippen molar-refractivity contribution in [1.82, 2.24) is 35.6 Å². The Morgan fingerprint density at radius 2 is 1.76 bits per heavy atom. The fourth-order valence-corrected chi connectivity index (χ4v) is 4.25. The zero-order chi connectivity index (χ0) is 30.1. The molecule has 3 aromatic rings. The highest BCUT2D eigenvalue weighted by molar-refractivity contribution is 6.06. The fraction of sp³-hybridized carbons (Fsp3) is 0.387. The lowest BCUT2D eigenvalue weighted by atomic mass is 10.0. The number of hydrogen-bond acceptors (Lipinski definition) is 6. The molecule has 0 aliphatic heterocycles. The number of carbonyl (C=O) groups excluding carboxylic acids is 3. The number of nitrogens with one attached hydrogen (secondary N) is 3. The van der Waals surface area contributed by atoms with Gasteiger partial charge >= 0.3 is 0 Å². The number of fused-ring (bicyclic) bond motifs is 1. The maximum absolute atomic E-state index is 13.5. The maximum atomic E-state index is 13.5. The lowest BCUT2D eigenvalue weighted by Gasteiger charge is -2.12. The second kappa shape index (κ2) is 14.4. The van der Waals surface area contributed by atoms with E-state index in [4.69, 9.17) is 4.98 Å². The van der Waals surface area contributed by atoms with Gasteiger partial charge in [0.1, 0.15) is 0 Å². The van der Waals surface area contributed by atoms with Crippen molar-refractivity contribution >= 4 is 29.3 Å². The third-order valence-electron chi connectivity index (χ3n) is 6.72. The van der Waals surface area contributed by atoms with Crippen LogP contribution < -0.4 is 16.0 Å². The van der Waals surface area contributed by atoms with Crippen molar-refractivity contribution in [2.45, 2.75) is 47.1 Å². The number of allylic oxidation sites excluding steroid dienone is 3. The van der Waals surface area contributed by atoms with Crippen LogP contribution in [0.4, 0.5) is 0 Å². The molecule has 0 saturated carbocycles. The summed E-state index contributed by atoms with van der Waals surface area (Å²) in [6.07, 6.45) is 5.04. The number of hydrogen-bond donors (Lipinski definition) is 3. The summed E-state index contributed by atoms with van der Waals surface area (Å²) in [7, 11) is 4.01. The van der Waals surface area contributed by atoms with Crippen LogP contribution in [0.15, 0.2) is 59.4 Å². The molecule has 0 saturated heterocycles. The molecule has 3 amide bonds. The van der Waals surface area contributed by atoms with Gasteiger partial charge in [0.25, 0.3) is 11.8 Å². The molecule has 1 aromatic carbocycles. The van der Waals surface area contributed by atoms with E-state index < -0.39 is 0 Å². The molecule has 0 aliphatic carbocycles. The topological polar surface area (TPSA) is 121 Å². The standard InChI is InChI=1S/C31H41N7O3/c1-20(2)38-29-27(18-35-38)26(31(41)33-17-22(4)21(3)15-23(5)34-19-39)16-28(36-29)24-9-11-25(12-10-24)30(40)32-13-8-14-37(6)7/h9-12,15-16,18-20H,8,13-14,17H2,1-7H3,(H,32,40)(H,33,41)(H,34,39)/b22-21+,23-15-. The molecule has 3 N–H and O–H groups in total. The molecule has 10 heteroatoms. The number of pyridine rings is 1. The molecule has 0 unspecified atom stereocenters. The summed E-state index contributed by atoms with van der Waals surface area (Å²) < 4.78 is 1.80. The highest BCUT2D eigenvalue weighted by atomic mass is 16.2. The molecule has 0 aliphatic rings. The van der Waals surface area contributed by atoms with Crippen LogP contribution in [0, 0.1) is 0 Å². The summed E-state index contributed by atoms with van der Waals surface area (Å²) in [6.45, 7) is 11.5. The first-order valence-corrected chi connectivity index (χ1v) is 13.8. The Bertz CT molecular complexity index is 1450. The Hall–Kier alpha value is -4.31. The lowest BCUT2D eigenvalue weighted by Crippen LogP contribution is -2.27. The van der Waals surface area contributed by atoms with E-state index in [9.17, 15) is 14.4 Å². The molecule has 2 aromatic heterocycles. The number of benzene rings is 1. The molecular weight excluding hydrogens is 518 g/mol. The summed E-state index contributed by atoms with van der Waals surface area (Å²) in [5.74, 6) is -0.364. The summed E-state index contributed by atoms with van der Waals surface area (Å²) in [4.78, 5) is 43.6. The molecule has 2 heterocycles. The minimum absolute atomic E-state index is 0.0487. The summed E-state index contributed by atoms with van der Waals surface area (Å²) in [6, 6.07) is 9.05. The van der Waals surface area contributed by atoms with Crippen molar-refractivity contribution in [1.29, 1.82) is 0 Å². The van der Waals surface area contributed by atoms with E-state index in [-0.39, 0.29) is 17.9 Å². The molecule has 10 nitrogen and oxygen atoms in total. The van der Waals surface area contributed by atoms with Crippen LogP contribution in [-0.4, -0.2) is 71.6 Å². The number of nitrogens with zero attached hydrogens (tertiary/aromatic N) is 4. The summed E-state index contributed by atoms with van der Waals surface area (Å²) in [5, 5.41) is 13.7. The van der Waals surface area contributed by atoms with Crippen LogP contribution in [0.25, 0.3) is 22.3 Å². The van der Waals surface area contributed by atoms with Crippen LogP contribution in [0.3, 0.4) is 0 Å². The van der Waals surface area contributed by atoms with Gasteiger partial charge in [-0.05, 0) is 91.5 Å². The Morgan fingerprint density at radius 3 is 2.39 bits per heavy atom. The number of amides is 3. The van der Waals surface area contributed by atoms with E-state index in [0.29, 0.717) is 47.4 Å². The Kier molecular flexibility index (Phi) is 10.9. The third kappa shape index (κ3) is 8.34. The van der Waals surface area contributed by atoms with Crippen molar-refractivity contribution in [3.63, 3.8) is 0 Å². The Morgan fingerprint density at radius 1 is 1.05 bits per heavy atom. The molecule has 0 atom stereocenters. The van der Waals surface area contributed by atoms with E-state index in [1.54, 1.807) is 36.0 Å². The van der Waals surface area contributed by atoms with Crippen molar-refractivity contribution in [2.75, 3.05) is 33.7 Å². The first-order valence-electron chi connectivity index (χ1n) is 13.8. The van der Waals surface area contributed by atoms with E-state index >= 15 is 0 Å². The third-order valence-corrected chi connectivity index (χ3v) is 6.72. The van der Waals surface area contributed by atoms with Gasteiger partial charge in [-0.1, -0.05) is 17.7 Å². The van der Waals surface area contributed by atoms with Gasteiger partial charge in [-0.15, -0.1) is 0 Å². The second-order valence-corrected chi connectivity index (χ2v) is 10.7. The minimum atomic E-state index is -0.241. The van der Waals surface area contributed by atoms with Crippen LogP contribution in [0.5, 0.6) is 0 Å². The predicted molar refractivity (Wildman–Crippen MR) is 163 cm³/mol. The van der Waals surface area contributed by atoms with Crippen molar-refractivity contribution < 1.29 is 14.4 Å². The number of aromatic nitrogens is 3. The van der Waals surface area contributed by atoms with Crippen molar-refractivity contribution in [3.05, 3.63) is 70.6 Å². The van der Waals surface area contributed by atoms with Crippen LogP contribution in [0.2, 0.25) is 0 Å². The minimum Gasteiger partial charge on any atom is -0.352 e. The smallest absolute Gasteiger partial charge is 0.252 e. The summed E-state index contributed by atoms with van der Waals surface area (Å²) >= 11 is 0. The molecule has 218 valence electrons. The van der Waals surface area contributed by atoms with Crippen LogP contribution in [0.1, 0.15) is 67.8 Å². The van der Waals surface area contributed by atoms with Gasteiger partial charge in [0, 0.05) is 36.0 Å². The zero-order valence-corrected chi connectivity index (χ0v) is 25.0. The van der Waals surface area contributed by atoms with Gasteiger partial charge < -0.3 is 20.9 Å². The SMILES string of the molecule is C/C(=C/C(C)=C(\C)CNC(=O)c1cc(-c2ccc(C(=O)NCCCN(C)C)cc2)nc2c1cnn2C(C)C)NC=O. The highest BCUT2D eigenvalue weighted by Gasteiger charge is 2.19. The average Bonchev–Trinajstić information content (AvgIpc) is 3.37. The van der Waals surface area contributed by atoms with E-state index in [0.717, 1.165) is 35.4 Å². The first-order chi connectivity index (χ1) is 19.5. The van der Waals surface area contributed by atoms with Crippen LogP contribution in [-0.2, 0) is 4.79 Å². The monoisotopic (exact) mass is 559 g/mol. The molecule has 0 spiro atoms. The van der Waals surface area contributed by atoms with Crippen molar-refractivity contribution in [3.8, 4) is 11.3 Å². The van der Waals surface area contributed by atoms with Gasteiger partial charge in [-0.3, -0.25) is 14.4 Å². The van der Waals surface area contributed by atoms with Gasteiger partial charge in [-0.2, -0.15) is 5.10 Å². The lowest BCUT2D eigenvalue weighted by molar-refractivity contribution is -0.108. The van der Waals surface area contributed by atoms with Crippen LogP contribution >= 0.6 is 0 Å². The van der Waals surface area contributed by atoms with E-state index in [1.165, 1.54) is 0 Å². The van der Waals surface area contributed by atoms with Gasteiger partial charge in [0.2, 0.25) is 6.41 Å². The van der Waals surface area contributed by atoms with Gasteiger partial charge in [-0.25, -0.2) is 9.67 Å². The predicted octanol–water partition coefficient (Wildman–Crippen LogP) is 4.08. The highest BCUT2D eigenvalue weighted by Crippen LogP contribution is 2.27. The first kappa shape index (κ1) is 31.2. The quantitative estimate of drug-likeness (QED) is 0.165. The molecular formula is C31H41N7O3. The van der Waals surface area contributed by atoms with E-state index in [1.807, 2.05) is 60.0 Å². The van der Waals surface area contributed by atoms with E-state index in [2.05, 4.69) is 25.9 Å². The van der Waals surface area contributed by atoms with Gasteiger partial charge in [0.05, 0.1) is 22.8 Å². The maximum Gasteiger partial charge on any atom is 0.252 e. The Balaban J connectivity index is 1.87. The summed E-state index contributed by atoms with van der Waals surface area (Å²) in [5.41, 5.74) is 5.69. The van der Waals surface area contributed by atoms with Crippen molar-refractivity contribution in [2.24, 2.45) is 0 Å². The van der Waals surface area contributed by atoms with Gasteiger partial charge in [0.15, 0.2) is 5.65 Å². The second-order valence-electron chi connectivity index (χ2n) is 10.7.